The molecule has 1 aliphatic heterocycles. The number of morpholine rings is 1. The first-order chi connectivity index (χ1) is 5.83. The van der Waals surface area contributed by atoms with Crippen LogP contribution in [0.25, 0.3) is 0 Å². The van der Waals surface area contributed by atoms with Gasteiger partial charge in [0.15, 0.2) is 0 Å². The molecule has 2 N–H and O–H groups in total. The second-order valence-electron chi connectivity index (χ2n) is 3.13. The van der Waals surface area contributed by atoms with Gasteiger partial charge in [0.25, 0.3) is 0 Å². The van der Waals surface area contributed by atoms with Crippen LogP contribution in [0.1, 0.15) is 0 Å². The lowest BCUT2D eigenvalue weighted by molar-refractivity contribution is 0.0306. The lowest BCUT2D eigenvalue weighted by Gasteiger charge is -2.28. The maximum absolute atomic E-state index is 5.81. The number of nitrogens with zero attached hydrogens (tertiary/aromatic N) is 1. The van der Waals surface area contributed by atoms with Gasteiger partial charge in [0.2, 0.25) is 0 Å². The van der Waals surface area contributed by atoms with Crippen molar-refractivity contribution in [3.05, 3.63) is 0 Å². The van der Waals surface area contributed by atoms with Crippen molar-refractivity contribution in [2.24, 2.45) is 5.73 Å². The van der Waals surface area contributed by atoms with Crippen molar-refractivity contribution < 1.29 is 9.47 Å². The zero-order valence-corrected chi connectivity index (χ0v) is 7.66. The third-order valence-electron chi connectivity index (χ3n) is 1.98. The van der Waals surface area contributed by atoms with E-state index in [1.807, 2.05) is 0 Å². The lowest BCUT2D eigenvalue weighted by Crippen LogP contribution is -2.45. The molecule has 0 aromatic rings. The molecule has 72 valence electrons. The molecular weight excluding hydrogens is 156 g/mol. The number of methoxy groups -OCH3 is 1. The molecule has 4 nitrogen and oxygen atoms in total. The first kappa shape index (κ1) is 9.92. The molecule has 0 aromatic carbocycles. The van der Waals surface area contributed by atoms with Crippen molar-refractivity contribution in [1.29, 1.82) is 0 Å². The summed E-state index contributed by atoms with van der Waals surface area (Å²) in [6, 6.07) is 0.132. The van der Waals surface area contributed by atoms with Crippen LogP contribution in [0, 0.1) is 0 Å². The Bertz CT molecular complexity index is 116. The fourth-order valence-electron chi connectivity index (χ4n) is 1.38. The van der Waals surface area contributed by atoms with Crippen LogP contribution in [0.3, 0.4) is 0 Å². The Balaban J connectivity index is 2.11. The van der Waals surface area contributed by atoms with E-state index in [1.165, 1.54) is 0 Å². The van der Waals surface area contributed by atoms with Crippen LogP contribution < -0.4 is 5.73 Å². The molecule has 1 fully saturated rings. The van der Waals surface area contributed by atoms with Crippen molar-refractivity contribution in [3.8, 4) is 0 Å². The van der Waals surface area contributed by atoms with Crippen molar-refractivity contribution in [3.63, 3.8) is 0 Å². The number of rotatable bonds is 4. The molecule has 0 amide bonds. The third-order valence-corrected chi connectivity index (χ3v) is 1.98. The quantitative estimate of drug-likeness (QED) is 0.612. The molecule has 12 heavy (non-hydrogen) atoms. The predicted octanol–water partition coefficient (Wildman–Crippen LogP) is -0.708. The monoisotopic (exact) mass is 174 g/mol. The molecule has 1 unspecified atom stereocenters. The molecule has 0 aliphatic carbocycles. The van der Waals surface area contributed by atoms with E-state index in [-0.39, 0.29) is 6.04 Å². The lowest BCUT2D eigenvalue weighted by atomic mass is 10.3. The Morgan fingerprint density at radius 3 is 2.75 bits per heavy atom. The summed E-state index contributed by atoms with van der Waals surface area (Å²) >= 11 is 0. The van der Waals surface area contributed by atoms with E-state index in [1.54, 1.807) is 7.11 Å². The fraction of sp³-hybridized carbons (Fsp3) is 1.00. The minimum atomic E-state index is 0.132. The Hall–Kier alpha value is -0.160. The summed E-state index contributed by atoms with van der Waals surface area (Å²) in [5.74, 6) is 0. The molecule has 0 saturated carbocycles. The van der Waals surface area contributed by atoms with E-state index in [2.05, 4.69) is 4.90 Å². The van der Waals surface area contributed by atoms with Crippen molar-refractivity contribution in [1.82, 2.24) is 4.90 Å². The maximum atomic E-state index is 5.81. The molecule has 1 heterocycles. The molecule has 0 radical (unpaired) electrons. The molecule has 4 heteroatoms. The van der Waals surface area contributed by atoms with Gasteiger partial charge in [0.1, 0.15) is 0 Å². The second-order valence-corrected chi connectivity index (χ2v) is 3.13. The second kappa shape index (κ2) is 5.48. The van der Waals surface area contributed by atoms with Gasteiger partial charge in [0, 0.05) is 32.8 Å². The van der Waals surface area contributed by atoms with Crippen LogP contribution in [0.4, 0.5) is 0 Å². The van der Waals surface area contributed by atoms with Gasteiger partial charge >= 0.3 is 0 Å². The topological polar surface area (TPSA) is 47.7 Å². The highest BCUT2D eigenvalue weighted by atomic mass is 16.5. The molecular formula is C8H18N2O2. The van der Waals surface area contributed by atoms with Crippen molar-refractivity contribution in [2.45, 2.75) is 6.04 Å². The number of nitrogens with two attached hydrogens (primary N) is 1. The Kier molecular flexibility index (Phi) is 4.53. The van der Waals surface area contributed by atoms with E-state index >= 15 is 0 Å². The fourth-order valence-corrected chi connectivity index (χ4v) is 1.38. The highest BCUT2D eigenvalue weighted by molar-refractivity contribution is 4.69. The molecule has 1 saturated heterocycles. The summed E-state index contributed by atoms with van der Waals surface area (Å²) in [5, 5.41) is 0. The molecule has 0 aromatic heterocycles. The van der Waals surface area contributed by atoms with Gasteiger partial charge in [-0.05, 0) is 0 Å². The van der Waals surface area contributed by atoms with E-state index < -0.39 is 0 Å². The van der Waals surface area contributed by atoms with Gasteiger partial charge in [-0.3, -0.25) is 4.90 Å². The van der Waals surface area contributed by atoms with Gasteiger partial charge in [-0.25, -0.2) is 0 Å². The Morgan fingerprint density at radius 2 is 2.17 bits per heavy atom. The molecule has 0 bridgehead atoms. The van der Waals surface area contributed by atoms with Gasteiger partial charge in [-0.2, -0.15) is 0 Å². The SMILES string of the molecule is COCC(N)CN1CCOCC1. The standard InChI is InChI=1S/C8H18N2O2/c1-11-7-8(9)6-10-2-4-12-5-3-10/h8H,2-7,9H2,1H3. The average molecular weight is 174 g/mol. The van der Waals surface area contributed by atoms with Crippen LogP contribution >= 0.6 is 0 Å². The minimum Gasteiger partial charge on any atom is -0.383 e. The number of hydrogen-bond donors (Lipinski definition) is 1. The zero-order chi connectivity index (χ0) is 8.81. The predicted molar refractivity (Wildman–Crippen MR) is 47.1 cm³/mol. The molecule has 1 rings (SSSR count). The van der Waals surface area contributed by atoms with Gasteiger partial charge < -0.3 is 15.2 Å². The first-order valence-electron chi connectivity index (χ1n) is 4.37. The summed E-state index contributed by atoms with van der Waals surface area (Å²) in [4.78, 5) is 2.31. The van der Waals surface area contributed by atoms with Gasteiger partial charge in [0.05, 0.1) is 19.8 Å². The minimum absolute atomic E-state index is 0.132. The van der Waals surface area contributed by atoms with Crippen LogP contribution in [0.15, 0.2) is 0 Å². The van der Waals surface area contributed by atoms with Crippen LogP contribution in [0.5, 0.6) is 0 Å². The zero-order valence-electron chi connectivity index (χ0n) is 7.66. The highest BCUT2D eigenvalue weighted by Crippen LogP contribution is 1.97. The largest absolute Gasteiger partial charge is 0.383 e. The average Bonchev–Trinajstić information content (AvgIpc) is 2.06. The summed E-state index contributed by atoms with van der Waals surface area (Å²) in [6.07, 6.45) is 0. The number of hydrogen-bond acceptors (Lipinski definition) is 4. The number of ether oxygens (including phenoxy) is 2. The van der Waals surface area contributed by atoms with Crippen LogP contribution in [0.2, 0.25) is 0 Å². The molecule has 1 aliphatic rings. The summed E-state index contributed by atoms with van der Waals surface area (Å²) in [6.45, 7) is 5.21. The smallest absolute Gasteiger partial charge is 0.0626 e. The van der Waals surface area contributed by atoms with E-state index in [4.69, 9.17) is 15.2 Å². The van der Waals surface area contributed by atoms with Crippen LogP contribution in [-0.2, 0) is 9.47 Å². The summed E-state index contributed by atoms with van der Waals surface area (Å²) in [7, 11) is 1.68. The normalized spacial score (nSPS) is 22.5. The van der Waals surface area contributed by atoms with Crippen molar-refractivity contribution in [2.75, 3.05) is 46.6 Å². The first-order valence-corrected chi connectivity index (χ1v) is 4.37. The Morgan fingerprint density at radius 1 is 1.50 bits per heavy atom. The Labute approximate surface area is 73.6 Å². The maximum Gasteiger partial charge on any atom is 0.0626 e. The molecule has 1 atom stereocenters. The van der Waals surface area contributed by atoms with E-state index in [0.717, 1.165) is 32.8 Å². The van der Waals surface area contributed by atoms with E-state index in [0.29, 0.717) is 6.61 Å². The van der Waals surface area contributed by atoms with E-state index in [9.17, 15) is 0 Å². The van der Waals surface area contributed by atoms with Crippen molar-refractivity contribution >= 4 is 0 Å². The third kappa shape index (κ3) is 3.49. The van der Waals surface area contributed by atoms with Gasteiger partial charge in [-0.1, -0.05) is 0 Å². The van der Waals surface area contributed by atoms with Crippen LogP contribution in [-0.4, -0.2) is 57.5 Å². The summed E-state index contributed by atoms with van der Waals surface area (Å²) in [5.41, 5.74) is 5.81. The highest BCUT2D eigenvalue weighted by Gasteiger charge is 2.13. The van der Waals surface area contributed by atoms with Gasteiger partial charge in [-0.15, -0.1) is 0 Å². The summed E-state index contributed by atoms with van der Waals surface area (Å²) < 4.78 is 10.2. The molecule has 0 spiro atoms.